The van der Waals surface area contributed by atoms with E-state index in [9.17, 15) is 4.79 Å². The molecule has 1 saturated heterocycles. The molecule has 1 heterocycles. The van der Waals surface area contributed by atoms with Crippen LogP contribution in [-0.4, -0.2) is 30.5 Å². The quantitative estimate of drug-likeness (QED) is 0.821. The van der Waals surface area contributed by atoms with Gasteiger partial charge in [-0.25, -0.2) is 0 Å². The second kappa shape index (κ2) is 8.86. The van der Waals surface area contributed by atoms with Crippen LogP contribution in [0.1, 0.15) is 46.8 Å². The summed E-state index contributed by atoms with van der Waals surface area (Å²) in [5.74, 6) is 0.778. The standard InChI is InChI=1S/C22H28N2O2/c1-3-26-21-10-9-20(13-17(21)2)22(25)23-15-18-7-6-8-19(14-18)16-24-11-4-5-12-24/h6-10,13-14H,3-5,11-12,15-16H2,1-2H3,(H,23,25). The Morgan fingerprint density at radius 1 is 1.12 bits per heavy atom. The van der Waals surface area contributed by atoms with Gasteiger partial charge < -0.3 is 10.1 Å². The summed E-state index contributed by atoms with van der Waals surface area (Å²) in [4.78, 5) is 14.9. The highest BCUT2D eigenvalue weighted by atomic mass is 16.5. The van der Waals surface area contributed by atoms with Gasteiger partial charge in [0.1, 0.15) is 5.75 Å². The fourth-order valence-electron chi connectivity index (χ4n) is 3.43. The van der Waals surface area contributed by atoms with Gasteiger partial charge in [0.05, 0.1) is 6.61 Å². The molecule has 1 amide bonds. The molecule has 1 aliphatic rings. The van der Waals surface area contributed by atoms with Crippen LogP contribution in [0.25, 0.3) is 0 Å². The molecule has 2 aromatic carbocycles. The second-order valence-electron chi connectivity index (χ2n) is 6.90. The van der Waals surface area contributed by atoms with Crippen LogP contribution in [0.5, 0.6) is 5.75 Å². The van der Waals surface area contributed by atoms with Crippen molar-refractivity contribution in [2.75, 3.05) is 19.7 Å². The first-order chi connectivity index (χ1) is 12.7. The fourth-order valence-corrected chi connectivity index (χ4v) is 3.43. The van der Waals surface area contributed by atoms with Crippen molar-refractivity contribution in [2.24, 2.45) is 0 Å². The van der Waals surface area contributed by atoms with Crippen molar-refractivity contribution in [2.45, 2.75) is 39.8 Å². The zero-order chi connectivity index (χ0) is 18.4. The maximum Gasteiger partial charge on any atom is 0.251 e. The molecule has 0 atom stereocenters. The Morgan fingerprint density at radius 3 is 2.62 bits per heavy atom. The first-order valence-corrected chi connectivity index (χ1v) is 9.47. The van der Waals surface area contributed by atoms with Gasteiger partial charge in [-0.1, -0.05) is 24.3 Å². The smallest absolute Gasteiger partial charge is 0.251 e. The molecule has 26 heavy (non-hydrogen) atoms. The van der Waals surface area contributed by atoms with Crippen molar-refractivity contribution in [3.63, 3.8) is 0 Å². The summed E-state index contributed by atoms with van der Waals surface area (Å²) in [5.41, 5.74) is 4.10. The number of carbonyl (C=O) groups excluding carboxylic acids is 1. The van der Waals surface area contributed by atoms with Crippen LogP contribution in [-0.2, 0) is 13.1 Å². The van der Waals surface area contributed by atoms with Gasteiger partial charge in [0.25, 0.3) is 5.91 Å². The number of likely N-dealkylation sites (tertiary alicyclic amines) is 1. The van der Waals surface area contributed by atoms with Crippen LogP contribution in [0.4, 0.5) is 0 Å². The van der Waals surface area contributed by atoms with Crippen molar-refractivity contribution in [1.82, 2.24) is 10.2 Å². The Balaban J connectivity index is 1.58. The highest BCUT2D eigenvalue weighted by Gasteiger charge is 2.12. The highest BCUT2D eigenvalue weighted by molar-refractivity contribution is 5.94. The number of nitrogens with zero attached hydrogens (tertiary/aromatic N) is 1. The van der Waals surface area contributed by atoms with Gasteiger partial charge >= 0.3 is 0 Å². The molecule has 0 bridgehead atoms. The first kappa shape index (κ1) is 18.5. The number of amides is 1. The molecular formula is C22H28N2O2. The van der Waals surface area contributed by atoms with Gasteiger partial charge in [-0.15, -0.1) is 0 Å². The lowest BCUT2D eigenvalue weighted by Gasteiger charge is -2.15. The topological polar surface area (TPSA) is 41.6 Å². The molecule has 1 fully saturated rings. The predicted molar refractivity (Wildman–Crippen MR) is 104 cm³/mol. The number of carbonyl (C=O) groups is 1. The summed E-state index contributed by atoms with van der Waals surface area (Å²) < 4.78 is 5.53. The van der Waals surface area contributed by atoms with E-state index < -0.39 is 0 Å². The number of ether oxygens (including phenoxy) is 1. The molecule has 3 rings (SSSR count). The molecule has 1 N–H and O–H groups in total. The number of hydrogen-bond acceptors (Lipinski definition) is 3. The molecule has 4 heteroatoms. The van der Waals surface area contributed by atoms with Crippen molar-refractivity contribution >= 4 is 5.91 Å². The van der Waals surface area contributed by atoms with E-state index in [4.69, 9.17) is 4.74 Å². The van der Waals surface area contributed by atoms with E-state index in [-0.39, 0.29) is 5.91 Å². The minimum atomic E-state index is -0.0545. The molecule has 0 aliphatic carbocycles. The third-order valence-electron chi connectivity index (χ3n) is 4.79. The monoisotopic (exact) mass is 352 g/mol. The van der Waals surface area contributed by atoms with Crippen LogP contribution in [0, 0.1) is 6.92 Å². The van der Waals surface area contributed by atoms with Gasteiger partial charge in [0.2, 0.25) is 0 Å². The molecule has 0 aromatic heterocycles. The minimum Gasteiger partial charge on any atom is -0.494 e. The van der Waals surface area contributed by atoms with Crippen LogP contribution in [0.3, 0.4) is 0 Å². The number of aryl methyl sites for hydroxylation is 1. The Hall–Kier alpha value is -2.33. The zero-order valence-electron chi connectivity index (χ0n) is 15.8. The first-order valence-electron chi connectivity index (χ1n) is 9.47. The van der Waals surface area contributed by atoms with E-state index in [2.05, 4.69) is 34.5 Å². The van der Waals surface area contributed by atoms with Crippen molar-refractivity contribution in [1.29, 1.82) is 0 Å². The van der Waals surface area contributed by atoms with Gasteiger partial charge in [-0.05, 0) is 74.7 Å². The zero-order valence-corrected chi connectivity index (χ0v) is 15.8. The van der Waals surface area contributed by atoms with E-state index in [0.29, 0.717) is 18.7 Å². The summed E-state index contributed by atoms with van der Waals surface area (Å²) in [6, 6.07) is 14.1. The third-order valence-corrected chi connectivity index (χ3v) is 4.79. The molecule has 0 saturated carbocycles. The Labute approximate surface area is 156 Å². The molecule has 4 nitrogen and oxygen atoms in total. The second-order valence-corrected chi connectivity index (χ2v) is 6.90. The van der Waals surface area contributed by atoms with Crippen LogP contribution in [0.2, 0.25) is 0 Å². The maximum atomic E-state index is 12.4. The molecular weight excluding hydrogens is 324 g/mol. The summed E-state index contributed by atoms with van der Waals surface area (Å²) in [7, 11) is 0. The molecule has 0 unspecified atom stereocenters. The molecule has 0 radical (unpaired) electrons. The van der Waals surface area contributed by atoms with Gasteiger partial charge in [0, 0.05) is 18.7 Å². The van der Waals surface area contributed by atoms with Crippen molar-refractivity contribution in [3.05, 3.63) is 64.7 Å². The average molecular weight is 352 g/mol. The Bertz CT molecular complexity index is 752. The number of nitrogens with one attached hydrogen (secondary N) is 1. The van der Waals surface area contributed by atoms with E-state index in [0.717, 1.165) is 23.4 Å². The van der Waals surface area contributed by atoms with E-state index in [1.807, 2.05) is 32.0 Å². The SMILES string of the molecule is CCOc1ccc(C(=O)NCc2cccc(CN3CCCC3)c2)cc1C. The van der Waals surface area contributed by atoms with Crippen molar-refractivity contribution in [3.8, 4) is 5.75 Å². The van der Waals surface area contributed by atoms with Crippen molar-refractivity contribution < 1.29 is 9.53 Å². The summed E-state index contributed by atoms with van der Waals surface area (Å²) in [6.07, 6.45) is 2.61. The average Bonchev–Trinajstić information content (AvgIpc) is 3.15. The van der Waals surface area contributed by atoms with Crippen LogP contribution >= 0.6 is 0 Å². The number of benzene rings is 2. The normalized spacial score (nSPS) is 14.4. The van der Waals surface area contributed by atoms with Crippen LogP contribution in [0.15, 0.2) is 42.5 Å². The lowest BCUT2D eigenvalue weighted by atomic mass is 10.1. The summed E-state index contributed by atoms with van der Waals surface area (Å²) in [5, 5.41) is 3.02. The number of hydrogen-bond donors (Lipinski definition) is 1. The lowest BCUT2D eigenvalue weighted by Crippen LogP contribution is -2.23. The summed E-state index contributed by atoms with van der Waals surface area (Å²) >= 11 is 0. The largest absolute Gasteiger partial charge is 0.494 e. The van der Waals surface area contributed by atoms with Crippen LogP contribution < -0.4 is 10.1 Å². The molecule has 2 aromatic rings. The number of rotatable bonds is 7. The van der Waals surface area contributed by atoms with Gasteiger partial charge in [-0.2, -0.15) is 0 Å². The lowest BCUT2D eigenvalue weighted by molar-refractivity contribution is 0.0950. The van der Waals surface area contributed by atoms with E-state index >= 15 is 0 Å². The maximum absolute atomic E-state index is 12.4. The van der Waals surface area contributed by atoms with Gasteiger partial charge in [-0.3, -0.25) is 9.69 Å². The Kier molecular flexibility index (Phi) is 6.29. The minimum absolute atomic E-state index is 0.0545. The predicted octanol–water partition coefficient (Wildman–Crippen LogP) is 3.92. The summed E-state index contributed by atoms with van der Waals surface area (Å²) in [6.45, 7) is 8.47. The highest BCUT2D eigenvalue weighted by Crippen LogP contribution is 2.19. The molecule has 1 aliphatic heterocycles. The molecule has 138 valence electrons. The molecule has 0 spiro atoms. The van der Waals surface area contributed by atoms with E-state index in [1.54, 1.807) is 0 Å². The van der Waals surface area contributed by atoms with E-state index in [1.165, 1.54) is 31.5 Å². The Morgan fingerprint density at radius 2 is 1.88 bits per heavy atom. The fraction of sp³-hybridized carbons (Fsp3) is 0.409. The third kappa shape index (κ3) is 4.85. The van der Waals surface area contributed by atoms with Gasteiger partial charge in [0.15, 0.2) is 0 Å².